The maximum atomic E-state index is 12.8. The van der Waals surface area contributed by atoms with E-state index < -0.39 is 0 Å². The molecular weight excluding hydrogens is 504 g/mol. The van der Waals surface area contributed by atoms with Gasteiger partial charge in [0.2, 0.25) is 11.5 Å². The highest BCUT2D eigenvalue weighted by molar-refractivity contribution is 9.10. The summed E-state index contributed by atoms with van der Waals surface area (Å²) >= 11 is 3.34. The van der Waals surface area contributed by atoms with Crippen molar-refractivity contribution in [1.82, 2.24) is 0 Å². The number of rotatable bonds is 8. The molecule has 0 aromatic heterocycles. The summed E-state index contributed by atoms with van der Waals surface area (Å²) in [7, 11) is 4.56. The number of fused-ring (bicyclic) bond motifs is 1. The Morgan fingerprint density at radius 2 is 1.62 bits per heavy atom. The Morgan fingerprint density at radius 3 is 2.24 bits per heavy atom. The number of hydrogen-bond donors (Lipinski definition) is 0. The zero-order valence-electron chi connectivity index (χ0n) is 18.7. The summed E-state index contributed by atoms with van der Waals surface area (Å²) in [6, 6.07) is 15.3. The summed E-state index contributed by atoms with van der Waals surface area (Å²) in [4.78, 5) is 25.2. The SMILES string of the molecule is COc1cc(/C=C2\Oc3cc(OCC(=O)c4ccc(Br)cc4)ccc3C2=O)cc(OC)c1OC. The average molecular weight is 525 g/mol. The van der Waals surface area contributed by atoms with Gasteiger partial charge in [-0.25, -0.2) is 0 Å². The van der Waals surface area contributed by atoms with E-state index in [1.807, 2.05) is 0 Å². The Hall–Kier alpha value is -3.78. The maximum Gasteiger partial charge on any atom is 0.231 e. The van der Waals surface area contributed by atoms with E-state index in [0.717, 1.165) is 4.47 Å². The standard InChI is InChI=1S/C26H21BrO7/c1-30-23-11-15(12-24(31-2)26(23)32-3)10-22-25(29)19-9-8-18(13-21(19)34-22)33-14-20(28)16-4-6-17(27)7-5-16/h4-13H,14H2,1-3H3/b22-10-. The smallest absolute Gasteiger partial charge is 0.231 e. The van der Waals surface area contributed by atoms with Crippen LogP contribution in [0, 0.1) is 0 Å². The number of allylic oxidation sites excluding steroid dienone is 1. The topological polar surface area (TPSA) is 80.3 Å². The summed E-state index contributed by atoms with van der Waals surface area (Å²) in [5, 5.41) is 0. The van der Waals surface area contributed by atoms with Crippen LogP contribution < -0.4 is 23.7 Å². The van der Waals surface area contributed by atoms with Crippen molar-refractivity contribution in [3.05, 3.63) is 81.5 Å². The second kappa shape index (κ2) is 10.0. The first-order chi connectivity index (χ1) is 16.4. The molecular formula is C26H21BrO7. The van der Waals surface area contributed by atoms with Crippen molar-refractivity contribution < 1.29 is 33.3 Å². The fourth-order valence-corrected chi connectivity index (χ4v) is 3.73. The molecule has 0 saturated carbocycles. The number of benzene rings is 3. The first-order valence-electron chi connectivity index (χ1n) is 10.2. The maximum absolute atomic E-state index is 12.8. The normalized spacial score (nSPS) is 13.3. The summed E-state index contributed by atoms with van der Waals surface area (Å²) in [6.07, 6.45) is 1.60. The van der Waals surface area contributed by atoms with E-state index in [4.69, 9.17) is 23.7 Å². The van der Waals surface area contributed by atoms with E-state index in [1.54, 1.807) is 60.7 Å². The molecule has 1 aliphatic heterocycles. The molecule has 0 radical (unpaired) electrons. The summed E-state index contributed by atoms with van der Waals surface area (Å²) in [6.45, 7) is -0.136. The van der Waals surface area contributed by atoms with Crippen molar-refractivity contribution in [2.75, 3.05) is 27.9 Å². The molecule has 3 aromatic carbocycles. The van der Waals surface area contributed by atoms with Crippen molar-refractivity contribution in [1.29, 1.82) is 0 Å². The first kappa shape index (κ1) is 23.4. The lowest BCUT2D eigenvalue weighted by molar-refractivity contribution is 0.0921. The highest BCUT2D eigenvalue weighted by Gasteiger charge is 2.28. The van der Waals surface area contributed by atoms with Crippen LogP contribution in [-0.2, 0) is 0 Å². The molecule has 0 N–H and O–H groups in total. The van der Waals surface area contributed by atoms with Crippen LogP contribution in [0.5, 0.6) is 28.7 Å². The quantitative estimate of drug-likeness (QED) is 0.290. The Labute approximate surface area is 205 Å². The summed E-state index contributed by atoms with van der Waals surface area (Å²) in [5.41, 5.74) is 1.60. The number of ether oxygens (including phenoxy) is 5. The lowest BCUT2D eigenvalue weighted by Gasteiger charge is -2.13. The molecule has 1 heterocycles. The van der Waals surface area contributed by atoms with Gasteiger partial charge in [0.05, 0.1) is 26.9 Å². The van der Waals surface area contributed by atoms with Crippen LogP contribution in [-0.4, -0.2) is 39.5 Å². The van der Waals surface area contributed by atoms with Crippen molar-refractivity contribution in [3.63, 3.8) is 0 Å². The Kier molecular flexibility index (Phi) is 6.88. The largest absolute Gasteiger partial charge is 0.493 e. The number of carbonyl (C=O) groups is 2. The number of Topliss-reactive ketones (excluding diaryl/α,β-unsaturated/α-hetero) is 2. The van der Waals surface area contributed by atoms with Crippen LogP contribution >= 0.6 is 15.9 Å². The molecule has 0 fully saturated rings. The molecule has 174 valence electrons. The highest BCUT2D eigenvalue weighted by atomic mass is 79.9. The number of ketones is 2. The minimum Gasteiger partial charge on any atom is -0.493 e. The van der Waals surface area contributed by atoms with Gasteiger partial charge in [-0.05, 0) is 48.0 Å². The number of hydrogen-bond acceptors (Lipinski definition) is 7. The third-order valence-electron chi connectivity index (χ3n) is 5.16. The third-order valence-corrected chi connectivity index (χ3v) is 5.69. The van der Waals surface area contributed by atoms with Crippen LogP contribution in [0.15, 0.2) is 64.8 Å². The van der Waals surface area contributed by atoms with Gasteiger partial charge in [0.25, 0.3) is 0 Å². The molecule has 7 nitrogen and oxygen atoms in total. The van der Waals surface area contributed by atoms with Gasteiger partial charge in [-0.2, -0.15) is 0 Å². The van der Waals surface area contributed by atoms with Gasteiger partial charge >= 0.3 is 0 Å². The molecule has 0 aliphatic carbocycles. The van der Waals surface area contributed by atoms with Gasteiger partial charge in [0.1, 0.15) is 11.5 Å². The second-order valence-corrected chi connectivity index (χ2v) is 8.19. The van der Waals surface area contributed by atoms with E-state index in [-0.39, 0.29) is 23.9 Å². The Morgan fingerprint density at radius 1 is 0.941 bits per heavy atom. The third kappa shape index (κ3) is 4.77. The Bertz CT molecular complexity index is 1250. The van der Waals surface area contributed by atoms with E-state index in [1.165, 1.54) is 21.3 Å². The molecule has 0 atom stereocenters. The van der Waals surface area contributed by atoms with E-state index in [9.17, 15) is 9.59 Å². The van der Waals surface area contributed by atoms with Gasteiger partial charge in [0.15, 0.2) is 29.6 Å². The van der Waals surface area contributed by atoms with Crippen molar-refractivity contribution >= 4 is 33.6 Å². The van der Waals surface area contributed by atoms with E-state index >= 15 is 0 Å². The fraction of sp³-hybridized carbons (Fsp3) is 0.154. The van der Waals surface area contributed by atoms with Gasteiger partial charge in [-0.15, -0.1) is 0 Å². The molecule has 1 aliphatic rings. The monoisotopic (exact) mass is 524 g/mol. The summed E-state index contributed by atoms with van der Waals surface area (Å²) in [5.74, 6) is 1.88. The molecule has 4 rings (SSSR count). The number of methoxy groups -OCH3 is 3. The average Bonchev–Trinajstić information content (AvgIpc) is 3.16. The van der Waals surface area contributed by atoms with Crippen LogP contribution in [0.2, 0.25) is 0 Å². The predicted molar refractivity (Wildman–Crippen MR) is 129 cm³/mol. The van der Waals surface area contributed by atoms with E-state index in [0.29, 0.717) is 45.4 Å². The van der Waals surface area contributed by atoms with Crippen molar-refractivity contribution in [2.45, 2.75) is 0 Å². The zero-order valence-corrected chi connectivity index (χ0v) is 20.3. The van der Waals surface area contributed by atoms with Gasteiger partial charge in [-0.1, -0.05) is 28.1 Å². The molecule has 3 aromatic rings. The molecule has 34 heavy (non-hydrogen) atoms. The molecule has 0 spiro atoms. The molecule has 0 bridgehead atoms. The van der Waals surface area contributed by atoms with Crippen LogP contribution in [0.1, 0.15) is 26.3 Å². The Balaban J connectivity index is 1.51. The van der Waals surface area contributed by atoms with Crippen LogP contribution in [0.25, 0.3) is 6.08 Å². The lowest BCUT2D eigenvalue weighted by atomic mass is 10.1. The molecule has 0 saturated heterocycles. The molecule has 8 heteroatoms. The second-order valence-electron chi connectivity index (χ2n) is 7.28. The van der Waals surface area contributed by atoms with Crippen LogP contribution in [0.3, 0.4) is 0 Å². The van der Waals surface area contributed by atoms with Gasteiger partial charge < -0.3 is 23.7 Å². The van der Waals surface area contributed by atoms with Crippen LogP contribution in [0.4, 0.5) is 0 Å². The highest BCUT2D eigenvalue weighted by Crippen LogP contribution is 2.40. The zero-order chi connectivity index (χ0) is 24.2. The van der Waals surface area contributed by atoms with Crippen molar-refractivity contribution in [3.8, 4) is 28.7 Å². The molecule has 0 unspecified atom stereocenters. The summed E-state index contributed by atoms with van der Waals surface area (Å²) < 4.78 is 28.4. The van der Waals surface area contributed by atoms with Gasteiger partial charge in [0, 0.05) is 16.1 Å². The number of carbonyl (C=O) groups excluding carboxylic acids is 2. The minimum atomic E-state index is -0.263. The fourth-order valence-electron chi connectivity index (χ4n) is 3.46. The minimum absolute atomic E-state index is 0.136. The van der Waals surface area contributed by atoms with Gasteiger partial charge in [-0.3, -0.25) is 9.59 Å². The number of halogens is 1. The first-order valence-corrected chi connectivity index (χ1v) is 11.0. The predicted octanol–water partition coefficient (Wildman–Crippen LogP) is 5.35. The lowest BCUT2D eigenvalue weighted by Crippen LogP contribution is -2.11. The molecule has 0 amide bonds. The van der Waals surface area contributed by atoms with E-state index in [2.05, 4.69) is 15.9 Å². The van der Waals surface area contributed by atoms with Crippen molar-refractivity contribution in [2.24, 2.45) is 0 Å².